The van der Waals surface area contributed by atoms with E-state index < -0.39 is 41.8 Å². The van der Waals surface area contributed by atoms with Gasteiger partial charge in [0.2, 0.25) is 25.6 Å². The van der Waals surface area contributed by atoms with Gasteiger partial charge in [0.05, 0.1) is 66.8 Å². The first-order chi connectivity index (χ1) is 38.8. The zero-order valence-corrected chi connectivity index (χ0v) is 46.7. The van der Waals surface area contributed by atoms with Gasteiger partial charge in [0, 0.05) is 127 Å². The first kappa shape index (κ1) is 62.9. The van der Waals surface area contributed by atoms with E-state index in [-0.39, 0.29) is 62.1 Å². The molecule has 0 aliphatic carbocycles. The number of rotatable bonds is 9. The molecule has 3 atom stereocenters. The summed E-state index contributed by atoms with van der Waals surface area (Å²) in [6, 6.07) is 14.0. The highest BCUT2D eigenvalue weighted by Crippen LogP contribution is 2.29. The number of fused-ring (bicyclic) bond motifs is 3. The summed E-state index contributed by atoms with van der Waals surface area (Å²) in [4.78, 5) is 133. The van der Waals surface area contributed by atoms with Crippen molar-refractivity contribution in [1.29, 1.82) is 0 Å². The molecule has 3 aromatic rings. The highest BCUT2D eigenvalue weighted by Gasteiger charge is 2.34. The molecule has 0 spiro atoms. The van der Waals surface area contributed by atoms with Gasteiger partial charge in [-0.2, -0.15) is 0 Å². The molecule has 3 fully saturated rings. The van der Waals surface area contributed by atoms with Crippen LogP contribution in [-0.2, 0) is 62.6 Å². The fourth-order valence-corrected chi connectivity index (χ4v) is 10.2. The van der Waals surface area contributed by atoms with Crippen molar-refractivity contribution in [2.75, 3.05) is 137 Å². The van der Waals surface area contributed by atoms with Crippen molar-refractivity contribution >= 4 is 84.1 Å². The summed E-state index contributed by atoms with van der Waals surface area (Å²) in [6.07, 6.45) is -0.158. The van der Waals surface area contributed by atoms with Gasteiger partial charge < -0.3 is 75.1 Å². The molecule has 6 aliphatic heterocycles. The van der Waals surface area contributed by atoms with Gasteiger partial charge in [-0.05, 0) is 71.3 Å². The maximum atomic E-state index is 12.9. The van der Waals surface area contributed by atoms with Gasteiger partial charge in [-0.3, -0.25) is 47.9 Å². The Balaban J connectivity index is 0.000000197. The van der Waals surface area contributed by atoms with Crippen LogP contribution in [0.25, 0.3) is 0 Å². The average Bonchev–Trinajstić information content (AvgIpc) is 3.91. The van der Waals surface area contributed by atoms with Gasteiger partial charge in [0.1, 0.15) is 18.1 Å². The molecule has 3 unspecified atom stereocenters. The van der Waals surface area contributed by atoms with Crippen molar-refractivity contribution in [3.05, 3.63) is 88.0 Å². The van der Waals surface area contributed by atoms with Crippen LogP contribution in [0.5, 0.6) is 0 Å². The van der Waals surface area contributed by atoms with E-state index in [1.165, 1.54) is 31.1 Å². The average molecular weight is 1140 g/mol. The number of nitrogens with one attached hydrogen (secondary N) is 4. The van der Waals surface area contributed by atoms with Crippen molar-refractivity contribution in [3.8, 4) is 0 Å². The van der Waals surface area contributed by atoms with Crippen LogP contribution < -0.4 is 26.6 Å². The lowest BCUT2D eigenvalue weighted by Crippen LogP contribution is -2.89. The van der Waals surface area contributed by atoms with Gasteiger partial charge in [-0.25, -0.2) is 0 Å². The van der Waals surface area contributed by atoms with E-state index in [4.69, 9.17) is 7.85 Å². The molecule has 3 saturated heterocycles. The van der Waals surface area contributed by atoms with Gasteiger partial charge in [-0.15, -0.1) is 0 Å². The highest BCUT2D eigenvalue weighted by atomic mass is 16.5. The number of piperazine rings is 3. The molecule has 440 valence electrons. The van der Waals surface area contributed by atoms with Crippen molar-refractivity contribution < 1.29 is 67.5 Å². The summed E-state index contributed by atoms with van der Waals surface area (Å²) >= 11 is 0. The Morgan fingerprint density at radius 1 is 0.488 bits per heavy atom. The summed E-state index contributed by atoms with van der Waals surface area (Å²) in [5.74, 6) is -2.54. The summed E-state index contributed by atoms with van der Waals surface area (Å²) < 4.78 is 14.0. The Labute approximate surface area is 479 Å². The summed E-state index contributed by atoms with van der Waals surface area (Å²) in [5, 5.41) is 14.8. The number of ether oxygens (including phenoxy) is 3. The SMILES string of the molecule is C.COC(=O)CC1Nc2ccc(C(=O)N3CCNCC3)cc2CN(C)C1=O.COC(=O)CC1Nc2ccc(C(=O)N3CC[NH2+]CC3)cc2CN(C)C1=O.[B]C(=O)N1CCN(C(=O)c2ccc3c(c2)CN(C)C(=O)C(CC(=O)OC)N3)CC1. The fraction of sp³-hybridized carbons (Fsp3) is 0.500. The predicted octanol–water partition coefficient (Wildman–Crippen LogP) is -0.246. The van der Waals surface area contributed by atoms with Crippen LogP contribution in [0.4, 0.5) is 21.9 Å². The van der Waals surface area contributed by atoms with Crippen LogP contribution in [0.2, 0.25) is 0 Å². The molecule has 82 heavy (non-hydrogen) atoms. The monoisotopic (exact) mass is 1140 g/mol. The second kappa shape index (κ2) is 28.9. The van der Waals surface area contributed by atoms with Crippen molar-refractivity contribution in [2.24, 2.45) is 0 Å². The largest absolute Gasteiger partial charge is 0.469 e. The van der Waals surface area contributed by atoms with E-state index in [2.05, 4.69) is 40.8 Å². The number of carbonyl (C=O) groups excluding carboxylic acids is 10. The van der Waals surface area contributed by atoms with Crippen LogP contribution in [0.1, 0.15) is 74.5 Å². The van der Waals surface area contributed by atoms with Crippen LogP contribution in [0.3, 0.4) is 0 Å². The van der Waals surface area contributed by atoms with Gasteiger partial charge in [0.15, 0.2) is 5.81 Å². The number of hydrogen-bond acceptors (Lipinski definition) is 17. The summed E-state index contributed by atoms with van der Waals surface area (Å²) in [7, 11) is 14.2. The number of hydrogen-bond donors (Lipinski definition) is 5. The maximum Gasteiger partial charge on any atom is 0.308 e. The number of likely N-dealkylation sites (N-methyl/N-ethyl adjacent to an activating group) is 3. The first-order valence-corrected chi connectivity index (χ1v) is 26.9. The molecule has 7 amide bonds. The van der Waals surface area contributed by atoms with E-state index in [9.17, 15) is 47.9 Å². The number of nitrogens with zero attached hydrogens (tertiary/aromatic N) is 7. The molecule has 25 nitrogen and oxygen atoms in total. The standard InChI is InChI=1S/C19H23BN4O5.2C18H24N4O4.CH4/c1-22-11-13-9-12(17(26)23-5-7-24(8-6-23)19(20)28)3-4-14(13)21-15(18(22)27)10-16(25)29-2;2*1-21-11-13-9-12(17(24)22-7-5-19-6-8-22)3-4-14(13)20-15(18(21)25)10-16(23)26-2;/h3-4,9,15,21H,5-8,10-11H2,1-2H3;2*3-4,9,15,19-20H,5-8,10-11H2,1-2H3;1H4/p+1. The second-order valence-electron chi connectivity index (χ2n) is 20.4. The molecule has 9 rings (SSSR count). The van der Waals surface area contributed by atoms with E-state index in [1.54, 1.807) is 66.2 Å². The molecule has 0 aromatic heterocycles. The van der Waals surface area contributed by atoms with Gasteiger partial charge in [-0.1, -0.05) is 7.43 Å². The quantitative estimate of drug-likeness (QED) is 0.105. The number of nitrogens with two attached hydrogens (primary N) is 1. The number of benzene rings is 3. The molecule has 3 aromatic carbocycles. The third kappa shape index (κ3) is 15.8. The number of anilines is 3. The van der Waals surface area contributed by atoms with Crippen LogP contribution in [0, 0.1) is 0 Å². The maximum absolute atomic E-state index is 12.9. The minimum absolute atomic E-state index is 0. The van der Waals surface area contributed by atoms with E-state index >= 15 is 0 Å². The second-order valence-corrected chi connectivity index (χ2v) is 20.4. The number of esters is 3. The Kier molecular flexibility index (Phi) is 22.2. The molecule has 0 bridgehead atoms. The lowest BCUT2D eigenvalue weighted by molar-refractivity contribution is -0.661. The zero-order chi connectivity index (χ0) is 58.5. The van der Waals surface area contributed by atoms with Crippen LogP contribution in [0.15, 0.2) is 54.6 Å². The molecule has 6 aliphatic rings. The fourth-order valence-electron chi connectivity index (χ4n) is 10.2. The molecular formula is C56H76BN12O13+. The normalized spacial score (nSPS) is 19.5. The minimum Gasteiger partial charge on any atom is -0.469 e. The summed E-state index contributed by atoms with van der Waals surface area (Å²) in [5.41, 5.74) is 6.47. The predicted molar refractivity (Wildman–Crippen MR) is 303 cm³/mol. The van der Waals surface area contributed by atoms with Gasteiger partial charge >= 0.3 is 17.9 Å². The molecule has 0 saturated carbocycles. The Morgan fingerprint density at radius 3 is 1.11 bits per heavy atom. The lowest BCUT2D eigenvalue weighted by Gasteiger charge is -2.34. The van der Waals surface area contributed by atoms with Crippen molar-refractivity contribution in [3.63, 3.8) is 0 Å². The molecular weight excluding hydrogens is 1060 g/mol. The number of carbonyl (C=O) groups is 10. The van der Waals surface area contributed by atoms with E-state index in [1.807, 2.05) is 34.1 Å². The van der Waals surface area contributed by atoms with E-state index in [0.29, 0.717) is 81.3 Å². The van der Waals surface area contributed by atoms with Crippen molar-refractivity contribution in [1.82, 2.24) is 39.6 Å². The lowest BCUT2D eigenvalue weighted by atomic mass is 10.1. The highest BCUT2D eigenvalue weighted by molar-refractivity contribution is 6.56. The minimum atomic E-state index is -0.725. The molecule has 6 heterocycles. The number of amides is 7. The van der Waals surface area contributed by atoms with E-state index in [0.717, 1.165) is 67.3 Å². The topological polar surface area (TPSA) is 286 Å². The summed E-state index contributed by atoms with van der Waals surface area (Å²) in [6.45, 7) is 9.01. The smallest absolute Gasteiger partial charge is 0.308 e. The Morgan fingerprint density at radius 2 is 0.793 bits per heavy atom. The Hall–Kier alpha value is -8.26. The number of quaternary nitrogens is 1. The Bertz CT molecular complexity index is 2750. The molecule has 26 heteroatoms. The third-order valence-electron chi connectivity index (χ3n) is 14.9. The molecule has 6 N–H and O–H groups in total. The zero-order valence-electron chi connectivity index (χ0n) is 46.7. The molecule has 2 radical (unpaired) electrons. The van der Waals surface area contributed by atoms with Gasteiger partial charge in [0.25, 0.3) is 17.7 Å². The van der Waals surface area contributed by atoms with Crippen molar-refractivity contribution in [2.45, 2.75) is 64.4 Å². The number of methoxy groups -OCH3 is 3. The van der Waals surface area contributed by atoms with Crippen LogP contribution >= 0.6 is 0 Å². The first-order valence-electron chi connectivity index (χ1n) is 26.9. The van der Waals surface area contributed by atoms with Crippen LogP contribution in [-0.4, -0.2) is 240 Å². The third-order valence-corrected chi connectivity index (χ3v) is 14.9.